The SMILES string of the molecule is O=C(O)C1CC(=O)N(c2cccc(Oc3ncc(Br)cn3)c2)C1. The standard InChI is InChI=1S/C15H12BrN3O4/c16-10-6-17-15(18-7-10)23-12-3-1-2-11(5-12)19-8-9(14(21)22)4-13(19)20/h1-3,5-7,9H,4,8H2,(H,21,22). The predicted molar refractivity (Wildman–Crippen MR) is 84.3 cm³/mol. The van der Waals surface area contributed by atoms with Crippen molar-refractivity contribution in [3.8, 4) is 11.8 Å². The molecule has 7 nitrogen and oxygen atoms in total. The molecule has 1 atom stereocenters. The van der Waals surface area contributed by atoms with E-state index in [0.29, 0.717) is 11.4 Å². The fourth-order valence-electron chi connectivity index (χ4n) is 2.30. The van der Waals surface area contributed by atoms with Crippen LogP contribution < -0.4 is 9.64 Å². The second-order valence-electron chi connectivity index (χ2n) is 5.03. The molecule has 0 aliphatic carbocycles. The van der Waals surface area contributed by atoms with Crippen LogP contribution in [0.2, 0.25) is 0 Å². The van der Waals surface area contributed by atoms with Crippen molar-refractivity contribution >= 4 is 33.5 Å². The highest BCUT2D eigenvalue weighted by Gasteiger charge is 2.35. The molecule has 3 rings (SSSR count). The third-order valence-electron chi connectivity index (χ3n) is 3.41. The zero-order valence-electron chi connectivity index (χ0n) is 11.8. The summed E-state index contributed by atoms with van der Waals surface area (Å²) in [6.07, 6.45) is 3.14. The maximum atomic E-state index is 12.0. The molecular formula is C15H12BrN3O4. The van der Waals surface area contributed by atoms with E-state index >= 15 is 0 Å². The van der Waals surface area contributed by atoms with Gasteiger partial charge in [-0.2, -0.15) is 0 Å². The third kappa shape index (κ3) is 3.48. The van der Waals surface area contributed by atoms with Crippen molar-refractivity contribution in [3.63, 3.8) is 0 Å². The molecule has 1 unspecified atom stereocenters. The number of nitrogens with zero attached hydrogens (tertiary/aromatic N) is 3. The van der Waals surface area contributed by atoms with E-state index in [4.69, 9.17) is 9.84 Å². The third-order valence-corrected chi connectivity index (χ3v) is 3.82. The zero-order valence-corrected chi connectivity index (χ0v) is 13.4. The van der Waals surface area contributed by atoms with Crippen LogP contribution in [-0.4, -0.2) is 33.5 Å². The highest BCUT2D eigenvalue weighted by atomic mass is 79.9. The first-order valence-electron chi connectivity index (χ1n) is 6.81. The van der Waals surface area contributed by atoms with Gasteiger partial charge in [-0.15, -0.1) is 0 Å². The van der Waals surface area contributed by atoms with Crippen molar-refractivity contribution in [1.29, 1.82) is 0 Å². The summed E-state index contributed by atoms with van der Waals surface area (Å²) in [4.78, 5) is 32.5. The minimum absolute atomic E-state index is 0.0102. The molecule has 1 aromatic heterocycles. The number of carboxylic acid groups (broad SMARTS) is 1. The van der Waals surface area contributed by atoms with Crippen molar-refractivity contribution < 1.29 is 19.4 Å². The molecule has 2 heterocycles. The number of ether oxygens (including phenoxy) is 1. The van der Waals surface area contributed by atoms with E-state index in [1.165, 1.54) is 4.90 Å². The van der Waals surface area contributed by atoms with E-state index in [0.717, 1.165) is 4.47 Å². The zero-order chi connectivity index (χ0) is 16.4. The molecule has 1 N–H and O–H groups in total. The molecule has 2 aromatic rings. The van der Waals surface area contributed by atoms with E-state index < -0.39 is 11.9 Å². The Labute approximate surface area is 140 Å². The van der Waals surface area contributed by atoms with E-state index in [1.54, 1.807) is 36.7 Å². The van der Waals surface area contributed by atoms with E-state index in [1.807, 2.05) is 0 Å². The van der Waals surface area contributed by atoms with Gasteiger partial charge in [0.15, 0.2) is 0 Å². The molecule has 0 spiro atoms. The van der Waals surface area contributed by atoms with Gasteiger partial charge in [0.05, 0.1) is 10.4 Å². The maximum absolute atomic E-state index is 12.0. The molecule has 1 aromatic carbocycles. The molecule has 1 saturated heterocycles. The quantitative estimate of drug-likeness (QED) is 0.879. The Bertz CT molecular complexity index is 751. The lowest BCUT2D eigenvalue weighted by Gasteiger charge is -2.16. The molecule has 1 aliphatic rings. The number of halogens is 1. The Morgan fingerprint density at radius 3 is 2.74 bits per heavy atom. The van der Waals surface area contributed by atoms with Crippen LogP contribution in [0.5, 0.6) is 11.8 Å². The summed E-state index contributed by atoms with van der Waals surface area (Å²) in [5.41, 5.74) is 0.591. The Morgan fingerprint density at radius 2 is 2.09 bits per heavy atom. The smallest absolute Gasteiger partial charge is 0.321 e. The first-order chi connectivity index (χ1) is 11.0. The van der Waals surface area contributed by atoms with Gasteiger partial charge in [0.2, 0.25) is 5.91 Å². The Morgan fingerprint density at radius 1 is 1.35 bits per heavy atom. The number of carboxylic acids is 1. The Kier molecular flexibility index (Phi) is 4.24. The first kappa shape index (κ1) is 15.4. The molecule has 118 valence electrons. The normalized spacial score (nSPS) is 17.3. The fraction of sp³-hybridized carbons (Fsp3) is 0.200. The first-order valence-corrected chi connectivity index (χ1v) is 7.61. The summed E-state index contributed by atoms with van der Waals surface area (Å²) in [5, 5.41) is 9.04. The summed E-state index contributed by atoms with van der Waals surface area (Å²) >= 11 is 3.24. The van der Waals surface area contributed by atoms with Gasteiger partial charge < -0.3 is 14.7 Å². The lowest BCUT2D eigenvalue weighted by atomic mass is 10.1. The Balaban J connectivity index is 1.78. The lowest BCUT2D eigenvalue weighted by Crippen LogP contribution is -2.25. The largest absolute Gasteiger partial charge is 0.481 e. The van der Waals surface area contributed by atoms with Gasteiger partial charge in [0.25, 0.3) is 0 Å². The molecule has 8 heteroatoms. The number of aliphatic carboxylic acids is 1. The van der Waals surface area contributed by atoms with Crippen LogP contribution in [0.3, 0.4) is 0 Å². The van der Waals surface area contributed by atoms with Crippen molar-refractivity contribution in [1.82, 2.24) is 9.97 Å². The number of hydrogen-bond acceptors (Lipinski definition) is 5. The van der Waals surface area contributed by atoms with Gasteiger partial charge in [0, 0.05) is 37.1 Å². The average molecular weight is 378 g/mol. The second-order valence-corrected chi connectivity index (χ2v) is 5.94. The van der Waals surface area contributed by atoms with Crippen molar-refractivity contribution in [2.45, 2.75) is 6.42 Å². The van der Waals surface area contributed by atoms with Crippen molar-refractivity contribution in [2.24, 2.45) is 5.92 Å². The van der Waals surface area contributed by atoms with E-state index in [2.05, 4.69) is 25.9 Å². The van der Waals surface area contributed by atoms with Gasteiger partial charge in [-0.1, -0.05) is 6.07 Å². The topological polar surface area (TPSA) is 92.6 Å². The number of amides is 1. The summed E-state index contributed by atoms with van der Waals surface area (Å²) in [6.45, 7) is 0.159. The fourth-order valence-corrected chi connectivity index (χ4v) is 2.50. The van der Waals surface area contributed by atoms with Crippen molar-refractivity contribution in [2.75, 3.05) is 11.4 Å². The van der Waals surface area contributed by atoms with Crippen LogP contribution in [-0.2, 0) is 9.59 Å². The minimum atomic E-state index is -0.962. The summed E-state index contributed by atoms with van der Waals surface area (Å²) in [6, 6.07) is 7.02. The van der Waals surface area contributed by atoms with E-state index in [9.17, 15) is 9.59 Å². The van der Waals surface area contributed by atoms with E-state index in [-0.39, 0.29) is 24.9 Å². The van der Waals surface area contributed by atoms with Crippen LogP contribution in [0.1, 0.15) is 6.42 Å². The Hall–Kier alpha value is -2.48. The number of anilines is 1. The molecule has 1 fully saturated rings. The highest BCUT2D eigenvalue weighted by Crippen LogP contribution is 2.29. The maximum Gasteiger partial charge on any atom is 0.321 e. The predicted octanol–water partition coefficient (Wildman–Crippen LogP) is 2.47. The van der Waals surface area contributed by atoms with Gasteiger partial charge in [0.1, 0.15) is 5.75 Å². The monoisotopic (exact) mass is 377 g/mol. The summed E-state index contributed by atoms with van der Waals surface area (Å²) in [7, 11) is 0. The van der Waals surface area contributed by atoms with Crippen molar-refractivity contribution in [3.05, 3.63) is 41.1 Å². The lowest BCUT2D eigenvalue weighted by molar-refractivity contribution is -0.141. The molecule has 0 radical (unpaired) electrons. The van der Waals surface area contributed by atoms with Gasteiger partial charge >= 0.3 is 12.0 Å². The number of carbonyl (C=O) groups is 2. The molecule has 1 aliphatic heterocycles. The van der Waals surface area contributed by atoms with Crippen LogP contribution >= 0.6 is 15.9 Å². The van der Waals surface area contributed by atoms with Gasteiger partial charge in [-0.05, 0) is 28.1 Å². The molecule has 23 heavy (non-hydrogen) atoms. The number of benzene rings is 1. The second kappa shape index (κ2) is 6.33. The van der Waals surface area contributed by atoms with Crippen LogP contribution in [0, 0.1) is 5.92 Å². The van der Waals surface area contributed by atoms with Gasteiger partial charge in [-0.25, -0.2) is 9.97 Å². The number of rotatable bonds is 4. The minimum Gasteiger partial charge on any atom is -0.481 e. The average Bonchev–Trinajstić information content (AvgIpc) is 2.92. The molecular weight excluding hydrogens is 366 g/mol. The number of hydrogen-bond donors (Lipinski definition) is 1. The van der Waals surface area contributed by atoms with Crippen LogP contribution in [0.4, 0.5) is 5.69 Å². The highest BCUT2D eigenvalue weighted by molar-refractivity contribution is 9.10. The molecule has 0 saturated carbocycles. The molecule has 0 bridgehead atoms. The number of carbonyl (C=O) groups excluding carboxylic acids is 1. The van der Waals surface area contributed by atoms with Crippen LogP contribution in [0.15, 0.2) is 41.1 Å². The van der Waals surface area contributed by atoms with Crippen LogP contribution in [0.25, 0.3) is 0 Å². The van der Waals surface area contributed by atoms with Gasteiger partial charge in [-0.3, -0.25) is 9.59 Å². The summed E-state index contributed by atoms with van der Waals surface area (Å²) < 4.78 is 6.28. The molecule has 1 amide bonds. The summed E-state index contributed by atoms with van der Waals surface area (Å²) in [5.74, 6) is -1.38. The number of aromatic nitrogens is 2.